The summed E-state index contributed by atoms with van der Waals surface area (Å²) < 4.78 is 13.3. The number of hydrogen-bond acceptors (Lipinski definition) is 2. The van der Waals surface area contributed by atoms with Crippen molar-refractivity contribution in [3.05, 3.63) is 27.4 Å². The maximum Gasteiger partial charge on any atom is 0.319 e. The Morgan fingerprint density at radius 2 is 2.10 bits per heavy atom. The molecule has 1 aliphatic carbocycles. The maximum absolute atomic E-state index is 13.0. The number of urea groups is 1. The van der Waals surface area contributed by atoms with Crippen LogP contribution in [0.5, 0.6) is 0 Å². The zero-order chi connectivity index (χ0) is 14.9. The van der Waals surface area contributed by atoms with Crippen LogP contribution in [-0.2, 0) is 4.79 Å². The summed E-state index contributed by atoms with van der Waals surface area (Å²) >= 11 is 8.92. The number of halogens is 3. The number of aliphatic carboxylic acids is 1. The highest BCUT2D eigenvalue weighted by atomic mass is 79.9. The molecule has 2 rings (SSSR count). The van der Waals surface area contributed by atoms with E-state index in [0.717, 1.165) is 6.07 Å². The van der Waals surface area contributed by atoms with Crippen molar-refractivity contribution in [2.75, 3.05) is 11.9 Å². The SMILES string of the molecule is O=C(NCC1(C(=O)O)CC1)Nc1c(Cl)cc(F)cc1Br. The highest BCUT2D eigenvalue weighted by molar-refractivity contribution is 9.10. The molecule has 1 fully saturated rings. The van der Waals surface area contributed by atoms with Crippen molar-refractivity contribution in [1.82, 2.24) is 5.32 Å². The molecule has 1 saturated carbocycles. The lowest BCUT2D eigenvalue weighted by atomic mass is 10.1. The molecule has 1 aliphatic rings. The van der Waals surface area contributed by atoms with E-state index in [1.165, 1.54) is 6.07 Å². The van der Waals surface area contributed by atoms with Crippen molar-refractivity contribution in [3.63, 3.8) is 0 Å². The molecule has 2 amide bonds. The van der Waals surface area contributed by atoms with Crippen LogP contribution in [0.3, 0.4) is 0 Å². The molecule has 5 nitrogen and oxygen atoms in total. The van der Waals surface area contributed by atoms with Gasteiger partial charge in [-0.3, -0.25) is 4.79 Å². The van der Waals surface area contributed by atoms with E-state index in [1.807, 2.05) is 0 Å². The molecule has 0 unspecified atom stereocenters. The van der Waals surface area contributed by atoms with Gasteiger partial charge in [-0.25, -0.2) is 9.18 Å². The fraction of sp³-hybridized carbons (Fsp3) is 0.333. The molecule has 0 spiro atoms. The molecule has 108 valence electrons. The lowest BCUT2D eigenvalue weighted by molar-refractivity contribution is -0.143. The summed E-state index contributed by atoms with van der Waals surface area (Å²) in [5.74, 6) is -1.45. The van der Waals surface area contributed by atoms with E-state index in [1.54, 1.807) is 0 Å². The fourth-order valence-electron chi connectivity index (χ4n) is 1.69. The molecular formula is C12H11BrClFN2O3. The van der Waals surface area contributed by atoms with Crippen molar-refractivity contribution in [2.24, 2.45) is 5.41 Å². The molecule has 0 aromatic heterocycles. The molecule has 1 aromatic carbocycles. The minimum atomic E-state index is -0.918. The number of carboxylic acid groups (broad SMARTS) is 1. The van der Waals surface area contributed by atoms with E-state index in [0.29, 0.717) is 17.3 Å². The van der Waals surface area contributed by atoms with Gasteiger partial charge in [0.2, 0.25) is 0 Å². The fourth-order valence-corrected chi connectivity index (χ4v) is 2.58. The number of nitrogens with one attached hydrogen (secondary N) is 2. The van der Waals surface area contributed by atoms with Crippen molar-refractivity contribution >= 4 is 45.2 Å². The van der Waals surface area contributed by atoms with Gasteiger partial charge >= 0.3 is 12.0 Å². The summed E-state index contributed by atoms with van der Waals surface area (Å²) in [6.45, 7) is 0.0462. The van der Waals surface area contributed by atoms with Gasteiger partial charge in [0.15, 0.2) is 0 Å². The monoisotopic (exact) mass is 364 g/mol. The second-order valence-electron chi connectivity index (χ2n) is 4.64. The lowest BCUT2D eigenvalue weighted by Gasteiger charge is -2.13. The number of carbonyl (C=O) groups excluding carboxylic acids is 1. The molecule has 8 heteroatoms. The van der Waals surface area contributed by atoms with Crippen molar-refractivity contribution < 1.29 is 19.1 Å². The van der Waals surface area contributed by atoms with Gasteiger partial charge in [-0.05, 0) is 40.9 Å². The van der Waals surface area contributed by atoms with Gasteiger partial charge in [0.05, 0.1) is 16.1 Å². The first-order chi connectivity index (χ1) is 9.34. The van der Waals surface area contributed by atoms with Crippen LogP contribution < -0.4 is 10.6 Å². The van der Waals surface area contributed by atoms with Gasteiger partial charge < -0.3 is 15.7 Å². The zero-order valence-electron chi connectivity index (χ0n) is 10.2. The Morgan fingerprint density at radius 1 is 1.45 bits per heavy atom. The molecule has 0 atom stereocenters. The number of anilines is 1. The van der Waals surface area contributed by atoms with Crippen LogP contribution in [-0.4, -0.2) is 23.7 Å². The van der Waals surface area contributed by atoms with Crippen LogP contribution in [0.4, 0.5) is 14.9 Å². The second-order valence-corrected chi connectivity index (χ2v) is 5.90. The molecule has 1 aromatic rings. The standard InChI is InChI=1S/C12H11BrClFN2O3/c13-7-3-6(15)4-8(14)9(7)17-11(20)16-5-12(1-2-12)10(18)19/h3-4H,1-2,5H2,(H,18,19)(H2,16,17,20). The molecule has 0 heterocycles. The lowest BCUT2D eigenvalue weighted by Crippen LogP contribution is -2.36. The Bertz CT molecular complexity index is 555. The molecule has 3 N–H and O–H groups in total. The second kappa shape index (κ2) is 5.57. The summed E-state index contributed by atoms with van der Waals surface area (Å²) in [6.07, 6.45) is 1.09. The quantitative estimate of drug-likeness (QED) is 0.766. The van der Waals surface area contributed by atoms with Gasteiger partial charge in [0.25, 0.3) is 0 Å². The molecular weight excluding hydrogens is 354 g/mol. The Labute approximate surface area is 127 Å². The Kier molecular flexibility index (Phi) is 4.19. The first-order valence-electron chi connectivity index (χ1n) is 5.77. The predicted molar refractivity (Wildman–Crippen MR) is 75.4 cm³/mol. The molecule has 20 heavy (non-hydrogen) atoms. The topological polar surface area (TPSA) is 78.4 Å². The van der Waals surface area contributed by atoms with Gasteiger partial charge in [-0.15, -0.1) is 0 Å². The van der Waals surface area contributed by atoms with Crippen molar-refractivity contribution in [1.29, 1.82) is 0 Å². The number of carbonyl (C=O) groups is 2. The minimum Gasteiger partial charge on any atom is -0.481 e. The first kappa shape index (κ1) is 15.1. The Balaban J connectivity index is 1.97. The Morgan fingerprint density at radius 3 is 2.60 bits per heavy atom. The van der Waals surface area contributed by atoms with Crippen LogP contribution in [0.25, 0.3) is 0 Å². The number of rotatable bonds is 4. The summed E-state index contributed by atoms with van der Waals surface area (Å²) in [6, 6.07) is 1.65. The average Bonchev–Trinajstić information content (AvgIpc) is 3.12. The van der Waals surface area contributed by atoms with E-state index in [-0.39, 0.29) is 17.3 Å². The van der Waals surface area contributed by atoms with Crippen LogP contribution in [0, 0.1) is 11.2 Å². The molecule has 0 radical (unpaired) electrons. The average molecular weight is 366 g/mol. The van der Waals surface area contributed by atoms with Crippen LogP contribution >= 0.6 is 27.5 Å². The summed E-state index contributed by atoms with van der Waals surface area (Å²) in [5, 5.41) is 14.0. The largest absolute Gasteiger partial charge is 0.481 e. The summed E-state index contributed by atoms with van der Waals surface area (Å²) in [7, 11) is 0. The Hall–Kier alpha value is -1.34. The van der Waals surface area contributed by atoms with Crippen LogP contribution in [0.15, 0.2) is 16.6 Å². The van der Waals surface area contributed by atoms with E-state index >= 15 is 0 Å². The number of hydrogen-bond donors (Lipinski definition) is 3. The molecule has 0 saturated heterocycles. The maximum atomic E-state index is 13.0. The zero-order valence-corrected chi connectivity index (χ0v) is 12.5. The highest BCUT2D eigenvalue weighted by Crippen LogP contribution is 2.45. The van der Waals surface area contributed by atoms with Gasteiger partial charge in [-0.1, -0.05) is 11.6 Å². The predicted octanol–water partition coefficient (Wildman–Crippen LogP) is 3.23. The number of amides is 2. The normalized spacial score (nSPS) is 15.6. The van der Waals surface area contributed by atoms with Gasteiger partial charge in [0, 0.05) is 11.0 Å². The summed E-state index contributed by atoms with van der Waals surface area (Å²) in [5.41, 5.74) is -0.619. The number of benzene rings is 1. The van der Waals surface area contributed by atoms with Gasteiger partial charge in [0.1, 0.15) is 5.82 Å². The van der Waals surface area contributed by atoms with Crippen molar-refractivity contribution in [2.45, 2.75) is 12.8 Å². The first-order valence-corrected chi connectivity index (χ1v) is 6.94. The van der Waals surface area contributed by atoms with Crippen LogP contribution in [0.2, 0.25) is 5.02 Å². The van der Waals surface area contributed by atoms with Gasteiger partial charge in [-0.2, -0.15) is 0 Å². The van der Waals surface area contributed by atoms with Crippen LogP contribution in [0.1, 0.15) is 12.8 Å². The highest BCUT2D eigenvalue weighted by Gasteiger charge is 2.50. The summed E-state index contributed by atoms with van der Waals surface area (Å²) in [4.78, 5) is 22.7. The minimum absolute atomic E-state index is 0.0462. The van der Waals surface area contributed by atoms with E-state index in [4.69, 9.17) is 16.7 Å². The third-order valence-electron chi connectivity index (χ3n) is 3.14. The smallest absolute Gasteiger partial charge is 0.319 e. The van der Waals surface area contributed by atoms with E-state index in [2.05, 4.69) is 26.6 Å². The van der Waals surface area contributed by atoms with Crippen molar-refractivity contribution in [3.8, 4) is 0 Å². The molecule has 0 aliphatic heterocycles. The number of carboxylic acids is 1. The van der Waals surface area contributed by atoms with E-state index < -0.39 is 23.2 Å². The molecule has 0 bridgehead atoms. The third-order valence-corrected chi connectivity index (χ3v) is 4.06. The van der Waals surface area contributed by atoms with E-state index in [9.17, 15) is 14.0 Å². The third kappa shape index (κ3) is 3.21.